The van der Waals surface area contributed by atoms with Crippen LogP contribution in [0.4, 0.5) is 0 Å². The Labute approximate surface area is 126 Å². The minimum absolute atomic E-state index is 0.0728. The van der Waals surface area contributed by atoms with Gasteiger partial charge in [0, 0.05) is 12.7 Å². The summed E-state index contributed by atoms with van der Waals surface area (Å²) in [4.78, 5) is 12.0. The fraction of sp³-hybridized carbons (Fsp3) is 0.286. The highest BCUT2D eigenvalue weighted by Crippen LogP contribution is 2.13. The Morgan fingerprint density at radius 3 is 2.70 bits per heavy atom. The lowest BCUT2D eigenvalue weighted by atomic mass is 10.2. The van der Waals surface area contributed by atoms with Crippen molar-refractivity contribution in [3.63, 3.8) is 0 Å². The quantitative estimate of drug-likeness (QED) is 0.912. The predicted octanol–water partition coefficient (Wildman–Crippen LogP) is 2.53. The molecule has 0 fully saturated rings. The maximum Gasteiger partial charge on any atom is 0.244 e. The molecule has 1 N–H and O–H groups in total. The highest BCUT2D eigenvalue weighted by atomic mass is 79.9. The maximum atomic E-state index is 12.0. The first-order valence-corrected chi connectivity index (χ1v) is 6.99. The number of aromatic nitrogens is 2. The molecule has 1 amide bonds. The van der Waals surface area contributed by atoms with E-state index < -0.39 is 0 Å². The van der Waals surface area contributed by atoms with Crippen LogP contribution in [0.2, 0.25) is 0 Å². The van der Waals surface area contributed by atoms with Gasteiger partial charge in [0.2, 0.25) is 5.91 Å². The van der Waals surface area contributed by atoms with Gasteiger partial charge in [-0.3, -0.25) is 9.48 Å². The normalized spacial score (nSPS) is 11.9. The molecule has 106 valence electrons. The van der Waals surface area contributed by atoms with Crippen LogP contribution in [0.15, 0.2) is 41.1 Å². The topological polar surface area (TPSA) is 56.1 Å². The largest absolute Gasteiger partial charge is 0.497 e. The number of rotatable bonds is 5. The van der Waals surface area contributed by atoms with E-state index in [0.717, 1.165) is 15.8 Å². The molecular formula is C14H16BrN3O2. The van der Waals surface area contributed by atoms with Crippen molar-refractivity contribution in [2.75, 3.05) is 7.11 Å². The van der Waals surface area contributed by atoms with Gasteiger partial charge in [-0.15, -0.1) is 0 Å². The third kappa shape index (κ3) is 3.60. The molecule has 0 spiro atoms. The molecule has 0 saturated heterocycles. The Morgan fingerprint density at radius 1 is 1.45 bits per heavy atom. The summed E-state index contributed by atoms with van der Waals surface area (Å²) in [5.41, 5.74) is 1.02. The highest BCUT2D eigenvalue weighted by molar-refractivity contribution is 9.10. The van der Waals surface area contributed by atoms with Gasteiger partial charge in [0.1, 0.15) is 11.8 Å². The molecule has 0 aliphatic rings. The zero-order valence-electron chi connectivity index (χ0n) is 11.3. The summed E-state index contributed by atoms with van der Waals surface area (Å²) >= 11 is 3.31. The van der Waals surface area contributed by atoms with Gasteiger partial charge in [-0.1, -0.05) is 12.1 Å². The van der Waals surface area contributed by atoms with Gasteiger partial charge in [-0.25, -0.2) is 0 Å². The summed E-state index contributed by atoms with van der Waals surface area (Å²) in [6.07, 6.45) is 3.44. The molecule has 0 bridgehead atoms. The first kappa shape index (κ1) is 14.6. The lowest BCUT2D eigenvalue weighted by Gasteiger charge is -2.12. The highest BCUT2D eigenvalue weighted by Gasteiger charge is 2.15. The van der Waals surface area contributed by atoms with Crippen LogP contribution in [-0.2, 0) is 11.3 Å². The number of methoxy groups -OCH3 is 1. The zero-order valence-corrected chi connectivity index (χ0v) is 12.9. The molecule has 2 rings (SSSR count). The number of halogens is 1. The molecule has 1 atom stereocenters. The first-order chi connectivity index (χ1) is 9.60. The number of hydrogen-bond donors (Lipinski definition) is 1. The van der Waals surface area contributed by atoms with Gasteiger partial charge in [0.15, 0.2) is 0 Å². The molecule has 1 aromatic heterocycles. The van der Waals surface area contributed by atoms with Crippen LogP contribution in [0.25, 0.3) is 0 Å². The van der Waals surface area contributed by atoms with E-state index >= 15 is 0 Å². The monoisotopic (exact) mass is 337 g/mol. The van der Waals surface area contributed by atoms with Crippen LogP contribution < -0.4 is 10.1 Å². The fourth-order valence-electron chi connectivity index (χ4n) is 1.73. The summed E-state index contributed by atoms with van der Waals surface area (Å²) in [5, 5.41) is 6.99. The first-order valence-electron chi connectivity index (χ1n) is 6.20. The standard InChI is InChI=1S/C14H16BrN3O2/c1-10(18-9-12(15)8-17-18)14(19)16-7-11-3-5-13(20-2)6-4-11/h3-6,8-10H,7H2,1-2H3,(H,16,19)/t10-/m1/s1. The second-order valence-electron chi connectivity index (χ2n) is 4.38. The van der Waals surface area contributed by atoms with E-state index in [2.05, 4.69) is 26.3 Å². The molecule has 0 saturated carbocycles. The Bertz CT molecular complexity index is 580. The average molecular weight is 338 g/mol. The zero-order chi connectivity index (χ0) is 14.5. The van der Waals surface area contributed by atoms with E-state index in [9.17, 15) is 4.79 Å². The van der Waals surface area contributed by atoms with Crippen molar-refractivity contribution in [3.8, 4) is 5.75 Å². The number of carbonyl (C=O) groups excluding carboxylic acids is 1. The second kappa shape index (κ2) is 6.56. The summed E-state index contributed by atoms with van der Waals surface area (Å²) in [7, 11) is 1.63. The van der Waals surface area contributed by atoms with E-state index in [1.807, 2.05) is 31.2 Å². The van der Waals surface area contributed by atoms with Crippen LogP contribution in [0.5, 0.6) is 5.75 Å². The van der Waals surface area contributed by atoms with Gasteiger partial charge >= 0.3 is 0 Å². The second-order valence-corrected chi connectivity index (χ2v) is 5.30. The Balaban J connectivity index is 1.91. The summed E-state index contributed by atoms with van der Waals surface area (Å²) in [6.45, 7) is 2.29. The summed E-state index contributed by atoms with van der Waals surface area (Å²) < 4.78 is 7.56. The van der Waals surface area contributed by atoms with Crippen molar-refractivity contribution in [2.45, 2.75) is 19.5 Å². The van der Waals surface area contributed by atoms with E-state index in [1.165, 1.54) is 0 Å². The number of ether oxygens (including phenoxy) is 1. The Morgan fingerprint density at radius 2 is 2.15 bits per heavy atom. The molecule has 2 aromatic rings. The lowest BCUT2D eigenvalue weighted by molar-refractivity contribution is -0.124. The fourth-order valence-corrected chi connectivity index (χ4v) is 2.03. The number of benzene rings is 1. The van der Waals surface area contributed by atoms with E-state index in [4.69, 9.17) is 4.74 Å². The molecule has 1 heterocycles. The molecule has 20 heavy (non-hydrogen) atoms. The third-order valence-corrected chi connectivity index (χ3v) is 3.38. The van der Waals surface area contributed by atoms with Crippen molar-refractivity contribution in [3.05, 3.63) is 46.7 Å². The van der Waals surface area contributed by atoms with E-state index in [0.29, 0.717) is 6.54 Å². The molecule has 0 unspecified atom stereocenters. The predicted molar refractivity (Wildman–Crippen MR) is 79.5 cm³/mol. The van der Waals surface area contributed by atoms with Crippen molar-refractivity contribution in [1.29, 1.82) is 0 Å². The summed E-state index contributed by atoms with van der Waals surface area (Å²) in [6, 6.07) is 7.24. The van der Waals surface area contributed by atoms with E-state index in [1.54, 1.807) is 24.2 Å². The van der Waals surface area contributed by atoms with Crippen LogP contribution >= 0.6 is 15.9 Å². The molecule has 0 radical (unpaired) electrons. The molecule has 5 nitrogen and oxygen atoms in total. The SMILES string of the molecule is COc1ccc(CNC(=O)[C@@H](C)n2cc(Br)cn2)cc1. The van der Waals surface area contributed by atoms with Crippen LogP contribution in [0, 0.1) is 0 Å². The van der Waals surface area contributed by atoms with E-state index in [-0.39, 0.29) is 11.9 Å². The Kier molecular flexibility index (Phi) is 4.79. The number of nitrogens with zero attached hydrogens (tertiary/aromatic N) is 2. The number of nitrogens with one attached hydrogen (secondary N) is 1. The number of carbonyl (C=O) groups is 1. The van der Waals surface area contributed by atoms with Crippen molar-refractivity contribution >= 4 is 21.8 Å². The van der Waals surface area contributed by atoms with Crippen LogP contribution in [0.3, 0.4) is 0 Å². The minimum Gasteiger partial charge on any atom is -0.497 e. The van der Waals surface area contributed by atoms with Crippen LogP contribution in [0.1, 0.15) is 18.5 Å². The van der Waals surface area contributed by atoms with Crippen molar-refractivity contribution in [2.24, 2.45) is 0 Å². The molecule has 1 aromatic carbocycles. The molecule has 0 aliphatic heterocycles. The van der Waals surface area contributed by atoms with Crippen molar-refractivity contribution < 1.29 is 9.53 Å². The maximum absolute atomic E-state index is 12.0. The van der Waals surface area contributed by atoms with Gasteiger partial charge in [-0.05, 0) is 40.5 Å². The average Bonchev–Trinajstić information content (AvgIpc) is 2.91. The minimum atomic E-state index is -0.348. The van der Waals surface area contributed by atoms with Gasteiger partial charge < -0.3 is 10.1 Å². The molecule has 0 aliphatic carbocycles. The Hall–Kier alpha value is -1.82. The molecular weight excluding hydrogens is 322 g/mol. The number of hydrogen-bond acceptors (Lipinski definition) is 3. The number of amides is 1. The molecule has 6 heteroatoms. The smallest absolute Gasteiger partial charge is 0.244 e. The lowest BCUT2D eigenvalue weighted by Crippen LogP contribution is -2.30. The van der Waals surface area contributed by atoms with Crippen LogP contribution in [-0.4, -0.2) is 22.8 Å². The van der Waals surface area contributed by atoms with Crippen molar-refractivity contribution in [1.82, 2.24) is 15.1 Å². The third-order valence-electron chi connectivity index (χ3n) is 2.97. The van der Waals surface area contributed by atoms with Gasteiger partial charge in [0.05, 0.1) is 17.8 Å². The van der Waals surface area contributed by atoms with Gasteiger partial charge in [-0.2, -0.15) is 5.10 Å². The van der Waals surface area contributed by atoms with Gasteiger partial charge in [0.25, 0.3) is 0 Å². The summed E-state index contributed by atoms with van der Waals surface area (Å²) in [5.74, 6) is 0.728.